The zero-order valence-electron chi connectivity index (χ0n) is 9.03. The zero-order valence-corrected chi connectivity index (χ0v) is 9.03. The Hall–Kier alpha value is -1.91. The average molecular weight is 225 g/mol. The Morgan fingerprint density at radius 2 is 2.06 bits per heavy atom. The van der Waals surface area contributed by atoms with Gasteiger partial charge in [-0.1, -0.05) is 0 Å². The molecule has 86 valence electrons. The maximum absolute atomic E-state index is 13.0. The number of hydrogen-bond donors (Lipinski definition) is 1. The van der Waals surface area contributed by atoms with Gasteiger partial charge >= 0.3 is 5.97 Å². The normalized spacial score (nSPS) is 9.94. The fraction of sp³-hybridized carbons (Fsp3) is 0.273. The molecule has 1 amide bonds. The average Bonchev–Trinajstić information content (AvgIpc) is 2.20. The molecule has 1 rings (SSSR count). The predicted molar refractivity (Wildman–Crippen MR) is 56.8 cm³/mol. The summed E-state index contributed by atoms with van der Waals surface area (Å²) in [6.07, 6.45) is -0.576. The van der Waals surface area contributed by atoms with Crippen molar-refractivity contribution in [1.29, 1.82) is 0 Å². The van der Waals surface area contributed by atoms with Crippen molar-refractivity contribution in [1.82, 2.24) is 0 Å². The molecule has 0 spiro atoms. The van der Waals surface area contributed by atoms with Crippen LogP contribution in [0.5, 0.6) is 0 Å². The third kappa shape index (κ3) is 2.79. The van der Waals surface area contributed by atoms with Gasteiger partial charge in [0.1, 0.15) is 12.2 Å². The van der Waals surface area contributed by atoms with Crippen molar-refractivity contribution in [3.63, 3.8) is 0 Å². The second-order valence-corrected chi connectivity index (χ2v) is 3.46. The molecule has 5 heteroatoms. The summed E-state index contributed by atoms with van der Waals surface area (Å²) in [5.74, 6) is -2.09. The molecule has 1 aromatic carbocycles. The predicted octanol–water partition coefficient (Wildman–Crippen LogP) is 1.57. The largest absolute Gasteiger partial charge is 0.481 e. The fourth-order valence-corrected chi connectivity index (χ4v) is 1.23. The summed E-state index contributed by atoms with van der Waals surface area (Å²) in [5.41, 5.74) is 0.887. The Kier molecular flexibility index (Phi) is 3.60. The molecule has 0 radical (unpaired) electrons. The van der Waals surface area contributed by atoms with Crippen LogP contribution in [0.2, 0.25) is 0 Å². The van der Waals surface area contributed by atoms with Gasteiger partial charge in [-0.15, -0.1) is 0 Å². The van der Waals surface area contributed by atoms with E-state index in [0.29, 0.717) is 11.3 Å². The summed E-state index contributed by atoms with van der Waals surface area (Å²) in [4.78, 5) is 23.0. The van der Waals surface area contributed by atoms with E-state index in [4.69, 9.17) is 5.11 Å². The highest BCUT2D eigenvalue weighted by Gasteiger charge is 2.15. The molecule has 0 aliphatic carbocycles. The zero-order chi connectivity index (χ0) is 12.3. The fourth-order valence-electron chi connectivity index (χ4n) is 1.23. The maximum Gasteiger partial charge on any atom is 0.312 e. The molecule has 0 aromatic heterocycles. The number of anilines is 1. The van der Waals surface area contributed by atoms with Crippen LogP contribution >= 0.6 is 0 Å². The topological polar surface area (TPSA) is 57.6 Å². The number of carbonyl (C=O) groups is 2. The van der Waals surface area contributed by atoms with Crippen LogP contribution in [0.15, 0.2) is 18.2 Å². The highest BCUT2D eigenvalue weighted by atomic mass is 19.1. The quantitative estimate of drug-likeness (QED) is 0.794. The van der Waals surface area contributed by atoms with Crippen molar-refractivity contribution in [2.24, 2.45) is 0 Å². The number of carboxylic acids is 1. The van der Waals surface area contributed by atoms with Crippen molar-refractivity contribution >= 4 is 17.6 Å². The summed E-state index contributed by atoms with van der Waals surface area (Å²) in [7, 11) is 1.46. The molecule has 16 heavy (non-hydrogen) atoms. The standard InChI is InChI=1S/C11H12FNO3/c1-7-5-8(3-4-9(7)12)13(2)10(14)6-11(15)16/h3-5H,6H2,1-2H3,(H,15,16). The van der Waals surface area contributed by atoms with Crippen molar-refractivity contribution in [2.45, 2.75) is 13.3 Å². The molecule has 0 bridgehead atoms. The van der Waals surface area contributed by atoms with Crippen LogP contribution in [-0.2, 0) is 9.59 Å². The molecular weight excluding hydrogens is 213 g/mol. The lowest BCUT2D eigenvalue weighted by molar-refractivity contribution is -0.140. The molecule has 0 unspecified atom stereocenters. The lowest BCUT2D eigenvalue weighted by Crippen LogP contribution is -2.28. The first kappa shape index (κ1) is 12.2. The van der Waals surface area contributed by atoms with Gasteiger partial charge in [0.25, 0.3) is 0 Å². The number of benzene rings is 1. The highest BCUT2D eigenvalue weighted by Crippen LogP contribution is 2.17. The molecule has 0 saturated carbocycles. The van der Waals surface area contributed by atoms with Gasteiger partial charge in [-0.2, -0.15) is 0 Å². The van der Waals surface area contributed by atoms with Crippen LogP contribution in [0, 0.1) is 12.7 Å². The third-order valence-corrected chi connectivity index (χ3v) is 2.21. The van der Waals surface area contributed by atoms with Crippen molar-refractivity contribution in [3.8, 4) is 0 Å². The SMILES string of the molecule is Cc1cc(N(C)C(=O)CC(=O)O)ccc1F. The molecule has 0 aliphatic heterocycles. The second-order valence-electron chi connectivity index (χ2n) is 3.46. The molecule has 0 atom stereocenters. The number of carbonyl (C=O) groups excluding carboxylic acids is 1. The van der Waals surface area contributed by atoms with Gasteiger partial charge in [-0.25, -0.2) is 4.39 Å². The van der Waals surface area contributed by atoms with E-state index in [2.05, 4.69) is 0 Å². The Bertz CT molecular complexity index is 431. The summed E-state index contributed by atoms with van der Waals surface area (Å²) in [5, 5.41) is 8.47. The van der Waals surface area contributed by atoms with E-state index in [-0.39, 0.29) is 5.82 Å². The Morgan fingerprint density at radius 1 is 1.44 bits per heavy atom. The van der Waals surface area contributed by atoms with Gasteiger partial charge in [0.05, 0.1) is 0 Å². The van der Waals surface area contributed by atoms with Crippen LogP contribution in [0.1, 0.15) is 12.0 Å². The molecule has 1 N–H and O–H groups in total. The first-order chi connectivity index (χ1) is 7.41. The van der Waals surface area contributed by atoms with E-state index in [9.17, 15) is 14.0 Å². The number of aryl methyl sites for hydroxylation is 1. The van der Waals surface area contributed by atoms with Crippen molar-refractivity contribution < 1.29 is 19.1 Å². The number of halogens is 1. The first-order valence-corrected chi connectivity index (χ1v) is 4.66. The van der Waals surface area contributed by atoms with E-state index in [1.807, 2.05) is 0 Å². The molecule has 0 aliphatic rings. The van der Waals surface area contributed by atoms with E-state index >= 15 is 0 Å². The lowest BCUT2D eigenvalue weighted by Gasteiger charge is -2.16. The number of hydrogen-bond acceptors (Lipinski definition) is 2. The van der Waals surface area contributed by atoms with Gasteiger partial charge in [-0.05, 0) is 30.7 Å². The number of nitrogens with zero attached hydrogens (tertiary/aromatic N) is 1. The van der Waals surface area contributed by atoms with E-state index in [1.54, 1.807) is 6.92 Å². The second kappa shape index (κ2) is 4.74. The number of rotatable bonds is 3. The molecule has 0 heterocycles. The van der Waals surface area contributed by atoms with Gasteiger partial charge in [0.15, 0.2) is 0 Å². The van der Waals surface area contributed by atoms with Gasteiger partial charge < -0.3 is 10.0 Å². The van der Waals surface area contributed by atoms with Crippen molar-refractivity contribution in [3.05, 3.63) is 29.6 Å². The lowest BCUT2D eigenvalue weighted by atomic mass is 10.2. The molecule has 1 aromatic rings. The smallest absolute Gasteiger partial charge is 0.312 e. The molecule has 0 fully saturated rings. The van der Waals surface area contributed by atoms with E-state index in [0.717, 1.165) is 0 Å². The number of carboxylic acid groups (broad SMARTS) is 1. The van der Waals surface area contributed by atoms with Gasteiger partial charge in [0.2, 0.25) is 5.91 Å². The summed E-state index contributed by atoms with van der Waals surface area (Å²) in [6, 6.07) is 4.17. The maximum atomic E-state index is 13.0. The van der Waals surface area contributed by atoms with Crippen molar-refractivity contribution in [2.75, 3.05) is 11.9 Å². The number of aliphatic carboxylic acids is 1. The number of amides is 1. The van der Waals surface area contributed by atoms with E-state index in [1.165, 1.54) is 30.1 Å². The van der Waals surface area contributed by atoms with Crippen LogP contribution in [0.25, 0.3) is 0 Å². The summed E-state index contributed by atoms with van der Waals surface area (Å²) >= 11 is 0. The van der Waals surface area contributed by atoms with Gasteiger partial charge in [0, 0.05) is 12.7 Å². The van der Waals surface area contributed by atoms with Gasteiger partial charge in [-0.3, -0.25) is 9.59 Å². The molecule has 4 nitrogen and oxygen atoms in total. The van der Waals surface area contributed by atoms with Crippen LogP contribution in [0.4, 0.5) is 10.1 Å². The monoisotopic (exact) mass is 225 g/mol. The Morgan fingerprint density at radius 3 is 2.56 bits per heavy atom. The molecular formula is C11H12FNO3. The minimum absolute atomic E-state index is 0.358. The first-order valence-electron chi connectivity index (χ1n) is 4.66. The summed E-state index contributed by atoms with van der Waals surface area (Å²) in [6.45, 7) is 1.58. The van der Waals surface area contributed by atoms with E-state index < -0.39 is 18.3 Å². The van der Waals surface area contributed by atoms with Crippen LogP contribution in [0.3, 0.4) is 0 Å². The Labute approximate surface area is 92.3 Å². The van der Waals surface area contributed by atoms with Crippen LogP contribution in [-0.4, -0.2) is 24.0 Å². The van der Waals surface area contributed by atoms with Crippen LogP contribution < -0.4 is 4.90 Å². The minimum atomic E-state index is -1.18. The minimum Gasteiger partial charge on any atom is -0.481 e. The summed E-state index contributed by atoms with van der Waals surface area (Å²) < 4.78 is 13.0. The third-order valence-electron chi connectivity index (χ3n) is 2.21. The highest BCUT2D eigenvalue weighted by molar-refractivity contribution is 6.02. The molecule has 0 saturated heterocycles. The Balaban J connectivity index is 2.87.